The molecule has 1 atom stereocenters. The highest BCUT2D eigenvalue weighted by Crippen LogP contribution is 2.19. The molecule has 1 aromatic rings. The third-order valence-corrected chi connectivity index (χ3v) is 4.81. The van der Waals surface area contributed by atoms with Crippen LogP contribution in [0.1, 0.15) is 29.8 Å². The van der Waals surface area contributed by atoms with Gasteiger partial charge in [-0.3, -0.25) is 9.69 Å². The number of ether oxygens (including phenoxy) is 1. The van der Waals surface area contributed by atoms with E-state index < -0.39 is 0 Å². The molecule has 0 saturated carbocycles. The van der Waals surface area contributed by atoms with Crippen molar-refractivity contribution in [2.45, 2.75) is 26.8 Å². The van der Waals surface area contributed by atoms with Crippen molar-refractivity contribution >= 4 is 17.6 Å². The van der Waals surface area contributed by atoms with Crippen molar-refractivity contribution < 1.29 is 14.3 Å². The van der Waals surface area contributed by atoms with Crippen LogP contribution < -0.4 is 16.0 Å². The number of urea groups is 1. The highest BCUT2D eigenvalue weighted by Gasteiger charge is 2.24. The molecule has 3 N–H and O–H groups in total. The SMILES string of the molecule is CNC(=O)c1cccc(NC(=O)NCC(C(C)C)N2CCOCC2)c1C. The van der Waals surface area contributed by atoms with Gasteiger partial charge >= 0.3 is 6.03 Å². The largest absolute Gasteiger partial charge is 0.379 e. The molecule has 0 spiro atoms. The van der Waals surface area contributed by atoms with Crippen molar-refractivity contribution in [2.24, 2.45) is 5.92 Å². The number of nitrogens with zero attached hydrogens (tertiary/aromatic N) is 1. The maximum Gasteiger partial charge on any atom is 0.319 e. The van der Waals surface area contributed by atoms with Crippen LogP contribution in [0.25, 0.3) is 0 Å². The summed E-state index contributed by atoms with van der Waals surface area (Å²) in [6, 6.07) is 5.30. The zero-order valence-corrected chi connectivity index (χ0v) is 16.1. The summed E-state index contributed by atoms with van der Waals surface area (Å²) in [5.41, 5.74) is 1.94. The van der Waals surface area contributed by atoms with Gasteiger partial charge in [-0.2, -0.15) is 0 Å². The van der Waals surface area contributed by atoms with Gasteiger partial charge in [-0.05, 0) is 30.5 Å². The first kappa shape index (κ1) is 20.2. The molecule has 1 saturated heterocycles. The van der Waals surface area contributed by atoms with Crippen molar-refractivity contribution in [3.05, 3.63) is 29.3 Å². The first-order valence-corrected chi connectivity index (χ1v) is 9.12. The van der Waals surface area contributed by atoms with Gasteiger partial charge in [0.25, 0.3) is 5.91 Å². The van der Waals surface area contributed by atoms with E-state index in [1.54, 1.807) is 25.2 Å². The first-order chi connectivity index (χ1) is 12.4. The fraction of sp³-hybridized carbons (Fsp3) is 0.579. The molecule has 26 heavy (non-hydrogen) atoms. The van der Waals surface area contributed by atoms with E-state index in [9.17, 15) is 9.59 Å². The number of hydrogen-bond donors (Lipinski definition) is 3. The van der Waals surface area contributed by atoms with E-state index >= 15 is 0 Å². The summed E-state index contributed by atoms with van der Waals surface area (Å²) in [6.45, 7) is 9.97. The second kappa shape index (κ2) is 9.54. The van der Waals surface area contributed by atoms with Crippen LogP contribution in [-0.4, -0.2) is 62.8 Å². The van der Waals surface area contributed by atoms with Crippen molar-refractivity contribution in [1.29, 1.82) is 0 Å². The number of amides is 3. The van der Waals surface area contributed by atoms with Gasteiger partial charge in [0, 0.05) is 44.0 Å². The Morgan fingerprint density at radius 2 is 1.92 bits per heavy atom. The molecule has 144 valence electrons. The van der Waals surface area contributed by atoms with Crippen LogP contribution in [0.15, 0.2) is 18.2 Å². The second-order valence-electron chi connectivity index (χ2n) is 6.85. The molecule has 0 bridgehead atoms. The lowest BCUT2D eigenvalue weighted by atomic mass is 10.0. The third-order valence-electron chi connectivity index (χ3n) is 4.81. The van der Waals surface area contributed by atoms with Crippen LogP contribution in [0.4, 0.5) is 10.5 Å². The fourth-order valence-electron chi connectivity index (χ4n) is 3.21. The summed E-state index contributed by atoms with van der Waals surface area (Å²) in [6.07, 6.45) is 0. The Balaban J connectivity index is 1.96. The number of morpholine rings is 1. The first-order valence-electron chi connectivity index (χ1n) is 9.12. The smallest absolute Gasteiger partial charge is 0.319 e. The van der Waals surface area contributed by atoms with Crippen LogP contribution in [0.3, 0.4) is 0 Å². The third kappa shape index (κ3) is 5.19. The van der Waals surface area contributed by atoms with Crippen LogP contribution in [-0.2, 0) is 4.74 Å². The molecule has 7 heteroatoms. The van der Waals surface area contributed by atoms with Gasteiger partial charge in [0.2, 0.25) is 0 Å². The minimum Gasteiger partial charge on any atom is -0.379 e. The summed E-state index contributed by atoms with van der Waals surface area (Å²) in [4.78, 5) is 26.6. The van der Waals surface area contributed by atoms with Gasteiger partial charge in [-0.15, -0.1) is 0 Å². The molecule has 1 aliphatic rings. The lowest BCUT2D eigenvalue weighted by Gasteiger charge is -2.36. The molecule has 1 aliphatic heterocycles. The molecular weight excluding hydrogens is 332 g/mol. The van der Waals surface area contributed by atoms with E-state index in [-0.39, 0.29) is 18.0 Å². The van der Waals surface area contributed by atoms with E-state index in [4.69, 9.17) is 4.74 Å². The Kier molecular flexibility index (Phi) is 7.41. The molecule has 0 radical (unpaired) electrons. The number of rotatable bonds is 6. The summed E-state index contributed by atoms with van der Waals surface area (Å²) < 4.78 is 5.41. The van der Waals surface area contributed by atoms with Crippen LogP contribution in [0, 0.1) is 12.8 Å². The highest BCUT2D eigenvalue weighted by atomic mass is 16.5. The van der Waals surface area contributed by atoms with Gasteiger partial charge in [0.15, 0.2) is 0 Å². The topological polar surface area (TPSA) is 82.7 Å². The van der Waals surface area contributed by atoms with Gasteiger partial charge in [-0.1, -0.05) is 19.9 Å². The number of benzene rings is 1. The monoisotopic (exact) mass is 362 g/mol. The molecule has 0 aromatic heterocycles. The molecular formula is C19H30N4O3. The van der Waals surface area contributed by atoms with Gasteiger partial charge in [0.05, 0.1) is 13.2 Å². The number of anilines is 1. The average molecular weight is 362 g/mol. The Bertz CT molecular complexity index is 627. The second-order valence-corrected chi connectivity index (χ2v) is 6.85. The number of nitrogens with one attached hydrogen (secondary N) is 3. The number of carbonyl (C=O) groups is 2. The number of hydrogen-bond acceptors (Lipinski definition) is 4. The van der Waals surface area contributed by atoms with Crippen molar-refractivity contribution in [3.8, 4) is 0 Å². The maximum absolute atomic E-state index is 12.4. The van der Waals surface area contributed by atoms with Crippen LogP contribution in [0.5, 0.6) is 0 Å². The standard InChI is InChI=1S/C19H30N4O3/c1-13(2)17(23-8-10-26-11-9-23)12-21-19(25)22-16-7-5-6-15(14(16)3)18(24)20-4/h5-7,13,17H,8-12H2,1-4H3,(H,20,24)(H2,21,22,25). The molecule has 1 fully saturated rings. The summed E-state index contributed by atoms with van der Waals surface area (Å²) in [7, 11) is 1.59. The molecule has 1 aromatic carbocycles. The minimum atomic E-state index is -0.263. The van der Waals surface area contributed by atoms with Crippen molar-refractivity contribution in [1.82, 2.24) is 15.5 Å². The Morgan fingerprint density at radius 3 is 2.54 bits per heavy atom. The van der Waals surface area contributed by atoms with E-state index in [0.29, 0.717) is 23.7 Å². The lowest BCUT2D eigenvalue weighted by Crippen LogP contribution is -2.51. The number of carbonyl (C=O) groups excluding carboxylic acids is 2. The van der Waals surface area contributed by atoms with E-state index in [1.165, 1.54) is 0 Å². The van der Waals surface area contributed by atoms with E-state index in [1.807, 2.05) is 6.92 Å². The fourth-order valence-corrected chi connectivity index (χ4v) is 3.21. The molecule has 1 unspecified atom stereocenters. The van der Waals surface area contributed by atoms with Gasteiger partial charge in [0.1, 0.15) is 0 Å². The molecule has 2 rings (SSSR count). The van der Waals surface area contributed by atoms with Gasteiger partial charge in [-0.25, -0.2) is 4.79 Å². The van der Waals surface area contributed by atoms with Crippen molar-refractivity contribution in [2.75, 3.05) is 45.2 Å². The van der Waals surface area contributed by atoms with Crippen LogP contribution in [0.2, 0.25) is 0 Å². The minimum absolute atomic E-state index is 0.168. The maximum atomic E-state index is 12.4. The zero-order valence-electron chi connectivity index (χ0n) is 16.1. The Hall–Kier alpha value is -2.12. The summed E-state index contributed by atoms with van der Waals surface area (Å²) >= 11 is 0. The molecule has 7 nitrogen and oxygen atoms in total. The van der Waals surface area contributed by atoms with E-state index in [2.05, 4.69) is 34.7 Å². The van der Waals surface area contributed by atoms with Crippen molar-refractivity contribution in [3.63, 3.8) is 0 Å². The quantitative estimate of drug-likeness (QED) is 0.721. The van der Waals surface area contributed by atoms with E-state index in [0.717, 1.165) is 31.9 Å². The zero-order chi connectivity index (χ0) is 19.1. The predicted molar refractivity (Wildman–Crippen MR) is 103 cm³/mol. The Morgan fingerprint density at radius 1 is 1.23 bits per heavy atom. The lowest BCUT2D eigenvalue weighted by molar-refractivity contribution is 0.00728. The molecule has 3 amide bonds. The summed E-state index contributed by atoms with van der Waals surface area (Å²) in [5.74, 6) is 0.255. The molecule has 0 aliphatic carbocycles. The summed E-state index contributed by atoms with van der Waals surface area (Å²) in [5, 5.41) is 8.43. The Labute approximate surface area is 155 Å². The molecule has 1 heterocycles. The highest BCUT2D eigenvalue weighted by molar-refractivity contribution is 5.98. The van der Waals surface area contributed by atoms with Gasteiger partial charge < -0.3 is 20.7 Å². The average Bonchev–Trinajstić information content (AvgIpc) is 2.63. The normalized spacial score (nSPS) is 16.2. The van der Waals surface area contributed by atoms with Crippen LogP contribution >= 0.6 is 0 Å². The predicted octanol–water partition coefficient (Wildman–Crippen LogP) is 1.83.